The molecular formula is C9H21NO. The monoisotopic (exact) mass is 159 g/mol. The quantitative estimate of drug-likeness (QED) is 0.639. The number of hydrogen-bond acceptors (Lipinski definition) is 2. The van der Waals surface area contributed by atoms with Gasteiger partial charge in [-0.2, -0.15) is 0 Å². The number of nitrogens with two attached hydrogens (primary N) is 1. The normalized spacial score (nSPS) is 16.9. The molecule has 0 heterocycles. The van der Waals surface area contributed by atoms with Gasteiger partial charge in [-0.25, -0.2) is 0 Å². The molecule has 0 fully saturated rings. The molecule has 2 nitrogen and oxygen atoms in total. The summed E-state index contributed by atoms with van der Waals surface area (Å²) >= 11 is 0. The highest BCUT2D eigenvalue weighted by molar-refractivity contribution is 4.72. The van der Waals surface area contributed by atoms with Crippen LogP contribution in [-0.4, -0.2) is 17.3 Å². The van der Waals surface area contributed by atoms with Crippen molar-refractivity contribution in [3.05, 3.63) is 0 Å². The summed E-state index contributed by atoms with van der Waals surface area (Å²) in [5, 5.41) is 9.51. The van der Waals surface area contributed by atoms with Crippen molar-refractivity contribution < 1.29 is 5.11 Å². The Morgan fingerprint density at radius 2 is 2.00 bits per heavy atom. The number of aliphatic hydroxyl groups is 1. The molecule has 0 aliphatic carbocycles. The second kappa shape index (κ2) is 4.73. The summed E-state index contributed by atoms with van der Waals surface area (Å²) in [4.78, 5) is 0. The molecule has 0 saturated heterocycles. The van der Waals surface area contributed by atoms with Crippen LogP contribution in [0.3, 0.4) is 0 Å². The molecule has 2 heteroatoms. The zero-order chi connectivity index (χ0) is 8.91. The molecule has 1 unspecified atom stereocenters. The van der Waals surface area contributed by atoms with Gasteiger partial charge in [-0.05, 0) is 19.3 Å². The highest BCUT2D eigenvalue weighted by Gasteiger charge is 2.16. The molecule has 0 saturated carbocycles. The van der Waals surface area contributed by atoms with Crippen molar-refractivity contribution in [1.29, 1.82) is 0 Å². The first kappa shape index (κ1) is 10.9. The van der Waals surface area contributed by atoms with E-state index in [-0.39, 0.29) is 0 Å². The van der Waals surface area contributed by atoms with Crippen molar-refractivity contribution in [1.82, 2.24) is 0 Å². The van der Waals surface area contributed by atoms with E-state index in [4.69, 9.17) is 5.73 Å². The van der Waals surface area contributed by atoms with Crippen molar-refractivity contribution in [3.63, 3.8) is 0 Å². The van der Waals surface area contributed by atoms with Crippen LogP contribution >= 0.6 is 0 Å². The van der Waals surface area contributed by atoms with E-state index >= 15 is 0 Å². The molecule has 0 aromatic carbocycles. The summed E-state index contributed by atoms with van der Waals surface area (Å²) in [6.07, 6.45) is 3.07. The smallest absolute Gasteiger partial charge is 0.0741 e. The van der Waals surface area contributed by atoms with Crippen LogP contribution in [0.5, 0.6) is 0 Å². The second-order valence-corrected chi connectivity index (χ2v) is 3.99. The Hall–Kier alpha value is -0.0800. The molecule has 0 amide bonds. The van der Waals surface area contributed by atoms with Crippen LogP contribution in [0, 0.1) is 5.92 Å². The fourth-order valence-electron chi connectivity index (χ4n) is 0.993. The van der Waals surface area contributed by atoms with Crippen molar-refractivity contribution >= 4 is 0 Å². The molecule has 0 bridgehead atoms. The van der Waals surface area contributed by atoms with Crippen molar-refractivity contribution in [2.75, 3.05) is 6.54 Å². The van der Waals surface area contributed by atoms with E-state index in [1.165, 1.54) is 6.42 Å². The third-order valence-corrected chi connectivity index (χ3v) is 1.94. The maximum absolute atomic E-state index is 9.51. The Morgan fingerprint density at radius 3 is 2.36 bits per heavy atom. The second-order valence-electron chi connectivity index (χ2n) is 3.99. The van der Waals surface area contributed by atoms with Gasteiger partial charge in [0.15, 0.2) is 0 Å². The number of rotatable bonds is 5. The van der Waals surface area contributed by atoms with E-state index in [1.807, 2.05) is 0 Å². The lowest BCUT2D eigenvalue weighted by atomic mass is 9.96. The maximum atomic E-state index is 9.51. The first-order chi connectivity index (χ1) is 4.98. The van der Waals surface area contributed by atoms with Crippen molar-refractivity contribution in [2.24, 2.45) is 11.7 Å². The molecule has 0 aliphatic rings. The van der Waals surface area contributed by atoms with E-state index in [9.17, 15) is 5.11 Å². The highest BCUT2D eigenvalue weighted by atomic mass is 16.3. The van der Waals surface area contributed by atoms with Crippen molar-refractivity contribution in [3.8, 4) is 0 Å². The molecule has 0 radical (unpaired) electrons. The highest BCUT2D eigenvalue weighted by Crippen LogP contribution is 2.14. The fourth-order valence-corrected chi connectivity index (χ4v) is 0.993. The topological polar surface area (TPSA) is 46.2 Å². The van der Waals surface area contributed by atoms with Gasteiger partial charge in [0.2, 0.25) is 0 Å². The van der Waals surface area contributed by atoms with Gasteiger partial charge in [0, 0.05) is 6.54 Å². The standard InChI is InChI=1S/C9H21NO/c1-8(2)5-4-6-9(3,11)7-10/h8,11H,4-7,10H2,1-3H3. The van der Waals surface area contributed by atoms with Gasteiger partial charge in [0.1, 0.15) is 0 Å². The molecule has 0 aromatic rings. The Kier molecular flexibility index (Phi) is 4.69. The molecule has 3 N–H and O–H groups in total. The molecule has 0 spiro atoms. The molecule has 68 valence electrons. The van der Waals surface area contributed by atoms with Crippen LogP contribution < -0.4 is 5.73 Å². The first-order valence-electron chi connectivity index (χ1n) is 4.40. The molecule has 0 rings (SSSR count). The Bertz CT molecular complexity index is 99.7. The lowest BCUT2D eigenvalue weighted by Crippen LogP contribution is -2.33. The van der Waals surface area contributed by atoms with E-state index in [0.717, 1.165) is 18.8 Å². The van der Waals surface area contributed by atoms with Crippen LogP contribution in [0.4, 0.5) is 0 Å². The zero-order valence-electron chi connectivity index (χ0n) is 7.93. The third kappa shape index (κ3) is 6.32. The molecule has 1 atom stereocenters. The average Bonchev–Trinajstić information content (AvgIpc) is 1.87. The lowest BCUT2D eigenvalue weighted by molar-refractivity contribution is 0.0564. The fraction of sp³-hybridized carbons (Fsp3) is 1.00. The van der Waals surface area contributed by atoms with Crippen LogP contribution in [0.2, 0.25) is 0 Å². The summed E-state index contributed by atoms with van der Waals surface area (Å²) in [5.74, 6) is 0.726. The summed E-state index contributed by atoms with van der Waals surface area (Å²) < 4.78 is 0. The zero-order valence-corrected chi connectivity index (χ0v) is 7.93. The van der Waals surface area contributed by atoms with Crippen LogP contribution in [0.25, 0.3) is 0 Å². The summed E-state index contributed by atoms with van der Waals surface area (Å²) in [5.41, 5.74) is 4.73. The maximum Gasteiger partial charge on any atom is 0.0741 e. The van der Waals surface area contributed by atoms with Gasteiger partial charge in [-0.15, -0.1) is 0 Å². The van der Waals surface area contributed by atoms with Gasteiger partial charge in [0.05, 0.1) is 5.60 Å². The first-order valence-corrected chi connectivity index (χ1v) is 4.40. The minimum atomic E-state index is -0.644. The van der Waals surface area contributed by atoms with Crippen molar-refractivity contribution in [2.45, 2.75) is 45.6 Å². The summed E-state index contributed by atoms with van der Waals surface area (Å²) in [6.45, 7) is 6.55. The van der Waals surface area contributed by atoms with E-state index < -0.39 is 5.60 Å². The molecule has 0 aliphatic heterocycles. The Labute approximate surface area is 69.8 Å². The van der Waals surface area contributed by atoms with Gasteiger partial charge >= 0.3 is 0 Å². The van der Waals surface area contributed by atoms with E-state index in [1.54, 1.807) is 6.92 Å². The predicted molar refractivity (Wildman–Crippen MR) is 48.4 cm³/mol. The molecule has 11 heavy (non-hydrogen) atoms. The Balaban J connectivity index is 3.38. The third-order valence-electron chi connectivity index (χ3n) is 1.94. The van der Waals surface area contributed by atoms with Gasteiger partial charge in [-0.3, -0.25) is 0 Å². The minimum Gasteiger partial charge on any atom is -0.389 e. The average molecular weight is 159 g/mol. The SMILES string of the molecule is CC(C)CCCC(C)(O)CN. The van der Waals surface area contributed by atoms with E-state index in [2.05, 4.69) is 13.8 Å². The summed E-state index contributed by atoms with van der Waals surface area (Å²) in [7, 11) is 0. The predicted octanol–water partition coefficient (Wildman–Crippen LogP) is 1.52. The van der Waals surface area contributed by atoms with Gasteiger partial charge in [-0.1, -0.05) is 26.7 Å². The van der Waals surface area contributed by atoms with Crippen LogP contribution in [0.1, 0.15) is 40.0 Å². The number of hydrogen-bond donors (Lipinski definition) is 2. The minimum absolute atomic E-state index is 0.366. The van der Waals surface area contributed by atoms with Crippen LogP contribution in [0.15, 0.2) is 0 Å². The lowest BCUT2D eigenvalue weighted by Gasteiger charge is -2.20. The van der Waals surface area contributed by atoms with E-state index in [0.29, 0.717) is 6.54 Å². The van der Waals surface area contributed by atoms with Gasteiger partial charge < -0.3 is 10.8 Å². The summed E-state index contributed by atoms with van der Waals surface area (Å²) in [6, 6.07) is 0. The Morgan fingerprint density at radius 1 is 1.45 bits per heavy atom. The molecular weight excluding hydrogens is 138 g/mol. The largest absolute Gasteiger partial charge is 0.389 e. The van der Waals surface area contributed by atoms with Crippen LogP contribution in [-0.2, 0) is 0 Å². The van der Waals surface area contributed by atoms with Gasteiger partial charge in [0.25, 0.3) is 0 Å². The molecule has 0 aromatic heterocycles.